The first-order valence-electron chi connectivity index (χ1n) is 10.1. The van der Waals surface area contributed by atoms with Crippen LogP contribution in [-0.2, 0) is 27.1 Å². The molecule has 0 saturated carbocycles. The van der Waals surface area contributed by atoms with Crippen LogP contribution in [0.2, 0.25) is 0 Å². The molecule has 8 heteroatoms. The Morgan fingerprint density at radius 1 is 1.03 bits per heavy atom. The number of halogens is 1. The summed E-state index contributed by atoms with van der Waals surface area (Å²) in [5.41, 5.74) is 2.31. The molecule has 2 N–H and O–H groups in total. The van der Waals surface area contributed by atoms with Crippen molar-refractivity contribution in [3.8, 4) is 10.4 Å². The van der Waals surface area contributed by atoms with Crippen molar-refractivity contribution >= 4 is 33.3 Å². The van der Waals surface area contributed by atoms with Crippen LogP contribution in [0, 0.1) is 5.82 Å². The van der Waals surface area contributed by atoms with Crippen molar-refractivity contribution in [1.82, 2.24) is 10.0 Å². The molecule has 168 valence electrons. The number of carbonyl (C=O) groups is 1. The third-order valence-corrected chi connectivity index (χ3v) is 7.11. The van der Waals surface area contributed by atoms with Gasteiger partial charge in [0.1, 0.15) is 5.82 Å². The lowest BCUT2D eigenvalue weighted by atomic mass is 10.1. The number of hydrogen-bond donors (Lipinski definition) is 2. The molecule has 1 amide bonds. The molecule has 0 aliphatic rings. The number of benzene rings is 2. The second-order valence-electron chi connectivity index (χ2n) is 7.56. The van der Waals surface area contributed by atoms with Crippen LogP contribution in [0.1, 0.15) is 29.9 Å². The van der Waals surface area contributed by atoms with E-state index >= 15 is 0 Å². The van der Waals surface area contributed by atoms with E-state index in [9.17, 15) is 17.6 Å². The Morgan fingerprint density at radius 2 is 1.72 bits per heavy atom. The molecule has 0 aliphatic heterocycles. The zero-order valence-corrected chi connectivity index (χ0v) is 19.5. The van der Waals surface area contributed by atoms with E-state index in [1.54, 1.807) is 50.3 Å². The van der Waals surface area contributed by atoms with Gasteiger partial charge >= 0.3 is 0 Å². The summed E-state index contributed by atoms with van der Waals surface area (Å²) in [5.74, 6) is -0.703. The van der Waals surface area contributed by atoms with Gasteiger partial charge in [-0.25, -0.2) is 17.5 Å². The van der Waals surface area contributed by atoms with Crippen molar-refractivity contribution in [1.29, 1.82) is 0 Å². The Labute approximate surface area is 192 Å². The summed E-state index contributed by atoms with van der Waals surface area (Å²) in [4.78, 5) is 14.2. The van der Waals surface area contributed by atoms with Crippen LogP contribution >= 0.6 is 11.3 Å². The van der Waals surface area contributed by atoms with E-state index in [2.05, 4.69) is 10.0 Å². The van der Waals surface area contributed by atoms with Crippen molar-refractivity contribution in [3.63, 3.8) is 0 Å². The van der Waals surface area contributed by atoms with Crippen LogP contribution in [0.25, 0.3) is 16.5 Å². The lowest BCUT2D eigenvalue weighted by molar-refractivity contribution is -0.116. The fourth-order valence-corrected chi connectivity index (χ4v) is 5.50. The molecule has 2 aromatic carbocycles. The van der Waals surface area contributed by atoms with Gasteiger partial charge in [-0.15, -0.1) is 11.3 Å². The van der Waals surface area contributed by atoms with Gasteiger partial charge in [-0.2, -0.15) is 0 Å². The van der Waals surface area contributed by atoms with Crippen molar-refractivity contribution < 1.29 is 17.6 Å². The van der Waals surface area contributed by atoms with Crippen LogP contribution in [0.3, 0.4) is 0 Å². The molecule has 0 fully saturated rings. The van der Waals surface area contributed by atoms with Gasteiger partial charge in [-0.3, -0.25) is 4.79 Å². The van der Waals surface area contributed by atoms with E-state index in [4.69, 9.17) is 0 Å². The SMILES string of the molecule is CC(C)NS(=O)(=O)Cc1ccccc1CNC(=O)/C=C/c1ccc(-c2ccc(F)cc2)s1. The first-order valence-corrected chi connectivity index (χ1v) is 12.6. The molecule has 3 rings (SSSR count). The summed E-state index contributed by atoms with van der Waals surface area (Å²) in [6.45, 7) is 3.76. The molecular weight excluding hydrogens is 447 g/mol. The van der Waals surface area contributed by atoms with Gasteiger partial charge in [0.2, 0.25) is 15.9 Å². The predicted molar refractivity (Wildman–Crippen MR) is 128 cm³/mol. The number of sulfonamides is 1. The maximum absolute atomic E-state index is 13.1. The molecule has 1 aromatic heterocycles. The topological polar surface area (TPSA) is 75.3 Å². The molecule has 0 bridgehead atoms. The van der Waals surface area contributed by atoms with Crippen LogP contribution in [0.5, 0.6) is 0 Å². The lowest BCUT2D eigenvalue weighted by Crippen LogP contribution is -2.31. The lowest BCUT2D eigenvalue weighted by Gasteiger charge is -2.13. The first-order chi connectivity index (χ1) is 15.2. The fraction of sp³-hybridized carbons (Fsp3) is 0.208. The highest BCUT2D eigenvalue weighted by molar-refractivity contribution is 7.88. The molecule has 0 aliphatic carbocycles. The normalized spacial score (nSPS) is 11.9. The Kier molecular flexibility index (Phi) is 7.95. The van der Waals surface area contributed by atoms with Crippen molar-refractivity contribution in [2.75, 3.05) is 0 Å². The Bertz CT molecular complexity index is 1200. The Balaban J connectivity index is 1.60. The standard InChI is InChI=1S/C24H25FN2O3S2/c1-17(2)27-32(29,30)16-20-6-4-3-5-19(20)15-26-24(28)14-12-22-11-13-23(31-22)18-7-9-21(25)10-8-18/h3-14,17,27H,15-16H2,1-2H3,(H,26,28)/b14-12+. The van der Waals surface area contributed by atoms with E-state index < -0.39 is 10.0 Å². The molecule has 5 nitrogen and oxygen atoms in total. The van der Waals surface area contributed by atoms with Gasteiger partial charge in [0.05, 0.1) is 5.75 Å². The van der Waals surface area contributed by atoms with Gasteiger partial charge in [0.15, 0.2) is 0 Å². The third-order valence-electron chi connectivity index (χ3n) is 4.49. The molecule has 0 saturated heterocycles. The van der Waals surface area contributed by atoms with Crippen LogP contribution in [0.15, 0.2) is 66.7 Å². The molecule has 0 unspecified atom stereocenters. The van der Waals surface area contributed by atoms with Crippen molar-refractivity contribution in [2.24, 2.45) is 0 Å². The zero-order chi connectivity index (χ0) is 23.1. The summed E-state index contributed by atoms with van der Waals surface area (Å²) in [6.07, 6.45) is 3.16. The van der Waals surface area contributed by atoms with Crippen LogP contribution in [-0.4, -0.2) is 20.4 Å². The maximum Gasteiger partial charge on any atom is 0.244 e. The van der Waals surface area contributed by atoms with Gasteiger partial charge in [-0.05, 0) is 60.9 Å². The monoisotopic (exact) mass is 472 g/mol. The number of hydrogen-bond acceptors (Lipinski definition) is 4. The summed E-state index contributed by atoms with van der Waals surface area (Å²) >= 11 is 1.50. The summed E-state index contributed by atoms with van der Waals surface area (Å²) in [6, 6.07) is 17.1. The van der Waals surface area contributed by atoms with Crippen LogP contribution in [0.4, 0.5) is 4.39 Å². The number of thiophene rings is 1. The average Bonchev–Trinajstić information content (AvgIpc) is 3.20. The highest BCUT2D eigenvalue weighted by atomic mass is 32.2. The molecule has 3 aromatic rings. The Hall–Kier alpha value is -2.81. The van der Waals surface area contributed by atoms with E-state index in [1.165, 1.54) is 29.5 Å². The minimum absolute atomic E-state index is 0.144. The largest absolute Gasteiger partial charge is 0.348 e. The van der Waals surface area contributed by atoms with Crippen LogP contribution < -0.4 is 10.0 Å². The summed E-state index contributed by atoms with van der Waals surface area (Å²) in [5, 5.41) is 2.80. The van der Waals surface area contributed by atoms with E-state index in [0.29, 0.717) is 5.56 Å². The fourth-order valence-electron chi connectivity index (χ4n) is 3.09. The smallest absolute Gasteiger partial charge is 0.244 e. The Morgan fingerprint density at radius 3 is 2.41 bits per heavy atom. The second kappa shape index (κ2) is 10.7. The number of amides is 1. The molecule has 0 radical (unpaired) electrons. The minimum Gasteiger partial charge on any atom is -0.348 e. The van der Waals surface area contributed by atoms with E-state index in [0.717, 1.165) is 20.9 Å². The maximum atomic E-state index is 13.1. The minimum atomic E-state index is -3.46. The third kappa shape index (κ3) is 7.12. The zero-order valence-electron chi connectivity index (χ0n) is 17.8. The van der Waals surface area contributed by atoms with E-state index in [1.807, 2.05) is 18.2 Å². The van der Waals surface area contributed by atoms with E-state index in [-0.39, 0.29) is 30.1 Å². The number of nitrogens with one attached hydrogen (secondary N) is 2. The highest BCUT2D eigenvalue weighted by Crippen LogP contribution is 2.28. The van der Waals surface area contributed by atoms with Gasteiger partial charge in [-0.1, -0.05) is 36.4 Å². The second-order valence-corrected chi connectivity index (χ2v) is 10.4. The highest BCUT2D eigenvalue weighted by Gasteiger charge is 2.15. The van der Waals surface area contributed by atoms with Crippen molar-refractivity contribution in [2.45, 2.75) is 32.2 Å². The molecular formula is C24H25FN2O3S2. The number of carbonyl (C=O) groups excluding carboxylic acids is 1. The molecule has 0 atom stereocenters. The quantitative estimate of drug-likeness (QED) is 0.443. The van der Waals surface area contributed by atoms with Gasteiger partial charge in [0, 0.05) is 28.4 Å². The average molecular weight is 473 g/mol. The predicted octanol–water partition coefficient (Wildman–Crippen LogP) is 4.71. The molecule has 1 heterocycles. The van der Waals surface area contributed by atoms with Gasteiger partial charge in [0.25, 0.3) is 0 Å². The first kappa shape index (κ1) is 23.8. The number of rotatable bonds is 9. The molecule has 0 spiro atoms. The van der Waals surface area contributed by atoms with Gasteiger partial charge < -0.3 is 5.32 Å². The summed E-state index contributed by atoms with van der Waals surface area (Å²) < 4.78 is 40.2. The molecule has 32 heavy (non-hydrogen) atoms. The summed E-state index contributed by atoms with van der Waals surface area (Å²) in [7, 11) is -3.46. The van der Waals surface area contributed by atoms with Crippen molar-refractivity contribution in [3.05, 3.63) is 88.6 Å².